The molecule has 0 radical (unpaired) electrons. The van der Waals surface area contributed by atoms with Crippen molar-refractivity contribution in [2.75, 3.05) is 0 Å². The SMILES string of the molecule is O=C(N/N=C/c1cccc(Cl)c1Cl)c1ccccc1OCc1ccccc1Cl. The van der Waals surface area contributed by atoms with Crippen molar-refractivity contribution in [3.05, 3.63) is 98.5 Å². The highest BCUT2D eigenvalue weighted by Crippen LogP contribution is 2.24. The van der Waals surface area contributed by atoms with Gasteiger partial charge in [0.15, 0.2) is 0 Å². The molecule has 0 aliphatic carbocycles. The maximum absolute atomic E-state index is 12.5. The monoisotopic (exact) mass is 432 g/mol. The average molecular weight is 434 g/mol. The molecule has 0 fully saturated rings. The van der Waals surface area contributed by atoms with E-state index in [1.54, 1.807) is 48.5 Å². The highest BCUT2D eigenvalue weighted by atomic mass is 35.5. The molecule has 1 N–H and O–H groups in total. The number of carbonyl (C=O) groups is 1. The van der Waals surface area contributed by atoms with Gasteiger partial charge in [-0.15, -0.1) is 0 Å². The molecule has 0 heterocycles. The molecule has 142 valence electrons. The maximum atomic E-state index is 12.5. The van der Waals surface area contributed by atoms with E-state index < -0.39 is 5.91 Å². The van der Waals surface area contributed by atoms with Crippen LogP contribution in [0.2, 0.25) is 15.1 Å². The fraction of sp³-hybridized carbons (Fsp3) is 0.0476. The molecule has 0 aromatic heterocycles. The number of para-hydroxylation sites is 1. The number of rotatable bonds is 6. The van der Waals surface area contributed by atoms with Crippen LogP contribution in [0, 0.1) is 0 Å². The van der Waals surface area contributed by atoms with Gasteiger partial charge in [0.25, 0.3) is 5.91 Å². The van der Waals surface area contributed by atoms with Gasteiger partial charge in [-0.1, -0.05) is 77.3 Å². The van der Waals surface area contributed by atoms with Gasteiger partial charge in [0.1, 0.15) is 12.4 Å². The fourth-order valence-corrected chi connectivity index (χ4v) is 2.94. The van der Waals surface area contributed by atoms with Crippen LogP contribution < -0.4 is 10.2 Å². The van der Waals surface area contributed by atoms with Gasteiger partial charge in [0.2, 0.25) is 0 Å². The molecule has 3 aromatic rings. The minimum Gasteiger partial charge on any atom is -0.488 e. The number of amides is 1. The van der Waals surface area contributed by atoms with E-state index in [4.69, 9.17) is 39.5 Å². The van der Waals surface area contributed by atoms with Gasteiger partial charge in [0.05, 0.1) is 21.8 Å². The largest absolute Gasteiger partial charge is 0.488 e. The fourth-order valence-electron chi connectivity index (χ4n) is 2.39. The molecule has 0 atom stereocenters. The van der Waals surface area contributed by atoms with Crippen LogP contribution in [0.1, 0.15) is 21.5 Å². The number of hydrogen-bond acceptors (Lipinski definition) is 3. The third-order valence-electron chi connectivity index (χ3n) is 3.82. The van der Waals surface area contributed by atoms with Crippen LogP contribution in [0.3, 0.4) is 0 Å². The molecule has 28 heavy (non-hydrogen) atoms. The lowest BCUT2D eigenvalue weighted by molar-refractivity contribution is 0.0950. The second kappa shape index (κ2) is 9.60. The molecule has 0 saturated carbocycles. The summed E-state index contributed by atoms with van der Waals surface area (Å²) in [6.45, 7) is 0.241. The van der Waals surface area contributed by atoms with Crippen LogP contribution >= 0.6 is 34.8 Å². The van der Waals surface area contributed by atoms with Gasteiger partial charge < -0.3 is 4.74 Å². The molecule has 0 bridgehead atoms. The van der Waals surface area contributed by atoms with E-state index in [2.05, 4.69) is 10.5 Å². The second-order valence-electron chi connectivity index (χ2n) is 5.72. The Morgan fingerprint density at radius 3 is 2.46 bits per heavy atom. The zero-order valence-electron chi connectivity index (χ0n) is 14.5. The minimum absolute atomic E-state index is 0.241. The highest BCUT2D eigenvalue weighted by Gasteiger charge is 2.12. The lowest BCUT2D eigenvalue weighted by atomic mass is 10.2. The quantitative estimate of drug-likeness (QED) is 0.383. The Labute approximate surface area is 177 Å². The maximum Gasteiger partial charge on any atom is 0.275 e. The first-order chi connectivity index (χ1) is 13.6. The van der Waals surface area contributed by atoms with Crippen molar-refractivity contribution in [3.63, 3.8) is 0 Å². The average Bonchev–Trinajstić information content (AvgIpc) is 2.70. The standard InChI is InChI=1S/C21H15Cl3N2O2/c22-17-9-3-1-6-15(17)13-28-19-11-4-2-8-16(19)21(27)26-25-12-14-7-5-10-18(23)20(14)24/h1-12H,13H2,(H,26,27)/b25-12+. The van der Waals surface area contributed by atoms with Gasteiger partial charge >= 0.3 is 0 Å². The molecule has 0 aliphatic rings. The van der Waals surface area contributed by atoms with Crippen molar-refractivity contribution in [2.45, 2.75) is 6.61 Å². The zero-order valence-corrected chi connectivity index (χ0v) is 16.8. The van der Waals surface area contributed by atoms with E-state index in [1.807, 2.05) is 18.2 Å². The molecule has 0 aliphatic heterocycles. The number of carbonyl (C=O) groups excluding carboxylic acids is 1. The Hall–Kier alpha value is -2.53. The third kappa shape index (κ3) is 5.04. The molecular weight excluding hydrogens is 419 g/mol. The Morgan fingerprint density at radius 1 is 0.929 bits per heavy atom. The molecule has 3 rings (SSSR count). The summed E-state index contributed by atoms with van der Waals surface area (Å²) >= 11 is 18.2. The second-order valence-corrected chi connectivity index (χ2v) is 6.91. The van der Waals surface area contributed by atoms with Crippen LogP contribution in [-0.2, 0) is 6.61 Å². The first-order valence-electron chi connectivity index (χ1n) is 8.29. The van der Waals surface area contributed by atoms with Crippen molar-refractivity contribution in [3.8, 4) is 5.75 Å². The van der Waals surface area contributed by atoms with E-state index in [1.165, 1.54) is 6.21 Å². The van der Waals surface area contributed by atoms with Gasteiger partial charge in [-0.05, 0) is 24.3 Å². The summed E-state index contributed by atoms with van der Waals surface area (Å²) in [7, 11) is 0. The van der Waals surface area contributed by atoms with Crippen molar-refractivity contribution in [2.24, 2.45) is 5.10 Å². The van der Waals surface area contributed by atoms with Gasteiger partial charge in [0, 0.05) is 16.1 Å². The predicted octanol–water partition coefficient (Wildman–Crippen LogP) is 5.99. The van der Waals surface area contributed by atoms with Gasteiger partial charge in [-0.2, -0.15) is 5.10 Å². The van der Waals surface area contributed by atoms with Crippen LogP contribution in [0.15, 0.2) is 71.8 Å². The van der Waals surface area contributed by atoms with E-state index in [9.17, 15) is 4.79 Å². The van der Waals surface area contributed by atoms with Gasteiger partial charge in [-0.25, -0.2) is 5.43 Å². The Kier molecular flexibility index (Phi) is 6.93. The first kappa shape index (κ1) is 20.2. The van der Waals surface area contributed by atoms with Crippen LogP contribution in [0.25, 0.3) is 0 Å². The van der Waals surface area contributed by atoms with E-state index >= 15 is 0 Å². The summed E-state index contributed by atoms with van der Waals surface area (Å²) in [6, 6.07) is 19.4. The highest BCUT2D eigenvalue weighted by molar-refractivity contribution is 6.43. The first-order valence-corrected chi connectivity index (χ1v) is 9.42. The minimum atomic E-state index is -0.413. The molecule has 0 spiro atoms. The van der Waals surface area contributed by atoms with E-state index in [0.717, 1.165) is 5.56 Å². The predicted molar refractivity (Wildman–Crippen MR) is 114 cm³/mol. The molecule has 0 unspecified atom stereocenters. The Balaban J connectivity index is 1.69. The number of ether oxygens (including phenoxy) is 1. The smallest absolute Gasteiger partial charge is 0.275 e. The number of benzene rings is 3. The van der Waals surface area contributed by atoms with Crippen molar-refractivity contribution >= 4 is 46.9 Å². The van der Waals surface area contributed by atoms with Gasteiger partial charge in [-0.3, -0.25) is 4.79 Å². The molecule has 4 nitrogen and oxygen atoms in total. The lowest BCUT2D eigenvalue weighted by Gasteiger charge is -2.11. The summed E-state index contributed by atoms with van der Waals surface area (Å²) in [5, 5.41) is 5.33. The van der Waals surface area contributed by atoms with Crippen molar-refractivity contribution in [1.29, 1.82) is 0 Å². The molecular formula is C21H15Cl3N2O2. The molecule has 0 saturated heterocycles. The summed E-state index contributed by atoms with van der Waals surface area (Å²) in [6.07, 6.45) is 1.43. The van der Waals surface area contributed by atoms with E-state index in [-0.39, 0.29) is 6.61 Å². The molecule has 1 amide bonds. The van der Waals surface area contributed by atoms with Crippen LogP contribution in [0.5, 0.6) is 5.75 Å². The number of hydrogen-bond donors (Lipinski definition) is 1. The molecule has 7 heteroatoms. The zero-order chi connectivity index (χ0) is 19.9. The van der Waals surface area contributed by atoms with Crippen molar-refractivity contribution < 1.29 is 9.53 Å². The Bertz CT molecular complexity index is 1020. The van der Waals surface area contributed by atoms with Crippen LogP contribution in [-0.4, -0.2) is 12.1 Å². The normalized spacial score (nSPS) is 10.8. The number of hydrazone groups is 1. The topological polar surface area (TPSA) is 50.7 Å². The lowest BCUT2D eigenvalue weighted by Crippen LogP contribution is -2.18. The van der Waals surface area contributed by atoms with Crippen molar-refractivity contribution in [1.82, 2.24) is 5.43 Å². The third-order valence-corrected chi connectivity index (χ3v) is 5.03. The number of nitrogens with zero attached hydrogens (tertiary/aromatic N) is 1. The summed E-state index contributed by atoms with van der Waals surface area (Å²) < 4.78 is 5.79. The number of halogens is 3. The summed E-state index contributed by atoms with van der Waals surface area (Å²) in [5.41, 5.74) is 4.24. The summed E-state index contributed by atoms with van der Waals surface area (Å²) in [5.74, 6) is 0.0140. The summed E-state index contributed by atoms with van der Waals surface area (Å²) in [4.78, 5) is 12.5. The van der Waals surface area contributed by atoms with Crippen LogP contribution in [0.4, 0.5) is 0 Å². The Morgan fingerprint density at radius 2 is 1.64 bits per heavy atom. The number of nitrogens with one attached hydrogen (secondary N) is 1. The van der Waals surface area contributed by atoms with E-state index in [0.29, 0.717) is 31.9 Å². The molecule has 3 aromatic carbocycles.